The molecule has 144 valence electrons. The molecule has 0 fully saturated rings. The molecule has 0 aliphatic carbocycles. The Labute approximate surface area is 160 Å². The summed E-state index contributed by atoms with van der Waals surface area (Å²) >= 11 is 1.51. The Morgan fingerprint density at radius 3 is 2.33 bits per heavy atom. The number of thioether (sulfide) groups is 1. The number of benzene rings is 2. The van der Waals surface area contributed by atoms with Crippen LogP contribution in [0.3, 0.4) is 0 Å². The molecule has 0 saturated heterocycles. The number of halogens is 1. The van der Waals surface area contributed by atoms with Crippen LogP contribution in [0.1, 0.15) is 6.42 Å². The first-order valence-electron chi connectivity index (χ1n) is 8.16. The standard InChI is InChI=1S/C19H20FNO5S/c1-25-14-6-8-16(9-7-14)27-11-10-18(22)21-12-17(19(23)24)26-15-4-2-13(20)3-5-15/h2-9,17H,10-12H2,1H3,(H,21,22)(H,23,24). The highest BCUT2D eigenvalue weighted by molar-refractivity contribution is 7.99. The van der Waals surface area contributed by atoms with E-state index in [2.05, 4.69) is 5.32 Å². The van der Waals surface area contributed by atoms with Crippen LogP contribution < -0.4 is 14.8 Å². The highest BCUT2D eigenvalue weighted by Gasteiger charge is 2.20. The summed E-state index contributed by atoms with van der Waals surface area (Å²) in [5.74, 6) is -0.408. The van der Waals surface area contributed by atoms with Crippen LogP contribution in [-0.4, -0.2) is 42.5 Å². The molecule has 0 bridgehead atoms. The van der Waals surface area contributed by atoms with Crippen molar-refractivity contribution < 1.29 is 28.6 Å². The van der Waals surface area contributed by atoms with E-state index in [1.807, 2.05) is 24.3 Å². The molecule has 1 amide bonds. The van der Waals surface area contributed by atoms with Crippen molar-refractivity contribution in [3.05, 3.63) is 54.3 Å². The van der Waals surface area contributed by atoms with Crippen molar-refractivity contribution in [2.75, 3.05) is 19.4 Å². The second kappa shape index (κ2) is 10.4. The van der Waals surface area contributed by atoms with Gasteiger partial charge in [-0.15, -0.1) is 11.8 Å². The van der Waals surface area contributed by atoms with E-state index in [0.717, 1.165) is 10.6 Å². The molecule has 0 saturated carbocycles. The third-order valence-electron chi connectivity index (χ3n) is 3.51. The SMILES string of the molecule is COc1ccc(SCCC(=O)NCC(Oc2ccc(F)cc2)C(=O)O)cc1. The summed E-state index contributed by atoms with van der Waals surface area (Å²) in [6, 6.07) is 12.5. The van der Waals surface area contributed by atoms with E-state index in [9.17, 15) is 19.1 Å². The lowest BCUT2D eigenvalue weighted by molar-refractivity contribution is -0.145. The van der Waals surface area contributed by atoms with E-state index in [0.29, 0.717) is 5.75 Å². The lowest BCUT2D eigenvalue weighted by atomic mass is 10.3. The van der Waals surface area contributed by atoms with Gasteiger partial charge in [0.25, 0.3) is 0 Å². The van der Waals surface area contributed by atoms with Crippen molar-refractivity contribution in [1.29, 1.82) is 0 Å². The first-order valence-corrected chi connectivity index (χ1v) is 9.15. The van der Waals surface area contributed by atoms with Crippen molar-refractivity contribution in [1.82, 2.24) is 5.32 Å². The summed E-state index contributed by atoms with van der Waals surface area (Å²) in [7, 11) is 1.59. The maximum Gasteiger partial charge on any atom is 0.346 e. The second-order valence-electron chi connectivity index (χ2n) is 5.48. The second-order valence-corrected chi connectivity index (χ2v) is 6.65. The Bertz CT molecular complexity index is 752. The van der Waals surface area contributed by atoms with Crippen LogP contribution in [0.15, 0.2) is 53.4 Å². The predicted octanol–water partition coefficient (Wildman–Crippen LogP) is 2.96. The molecule has 8 heteroatoms. The molecule has 27 heavy (non-hydrogen) atoms. The minimum atomic E-state index is -1.26. The highest BCUT2D eigenvalue weighted by Crippen LogP contribution is 2.21. The van der Waals surface area contributed by atoms with Crippen LogP contribution in [0.2, 0.25) is 0 Å². The number of carboxylic acids is 1. The zero-order valence-electron chi connectivity index (χ0n) is 14.7. The fraction of sp³-hybridized carbons (Fsp3) is 0.263. The van der Waals surface area contributed by atoms with E-state index in [-0.39, 0.29) is 24.6 Å². The number of rotatable bonds is 10. The monoisotopic (exact) mass is 393 g/mol. The van der Waals surface area contributed by atoms with Crippen molar-refractivity contribution in [2.24, 2.45) is 0 Å². The van der Waals surface area contributed by atoms with E-state index in [1.54, 1.807) is 7.11 Å². The fourth-order valence-electron chi connectivity index (χ4n) is 2.09. The summed E-state index contributed by atoms with van der Waals surface area (Å²) in [4.78, 5) is 24.2. The minimum Gasteiger partial charge on any atom is -0.497 e. The molecule has 1 atom stereocenters. The molecule has 0 spiro atoms. The third kappa shape index (κ3) is 7.18. The van der Waals surface area contributed by atoms with Crippen molar-refractivity contribution in [2.45, 2.75) is 17.4 Å². The normalized spacial score (nSPS) is 11.5. The van der Waals surface area contributed by atoms with Crippen molar-refractivity contribution in [3.8, 4) is 11.5 Å². The molecule has 0 aromatic heterocycles. The fourth-order valence-corrected chi connectivity index (χ4v) is 2.94. The maximum absolute atomic E-state index is 12.9. The Kier molecular flexibility index (Phi) is 7.94. The molecule has 0 radical (unpaired) electrons. The van der Waals surface area contributed by atoms with Crippen LogP contribution in [-0.2, 0) is 9.59 Å². The topological polar surface area (TPSA) is 84.9 Å². The van der Waals surface area contributed by atoms with Gasteiger partial charge in [-0.3, -0.25) is 4.79 Å². The lowest BCUT2D eigenvalue weighted by Crippen LogP contribution is -2.40. The Balaban J connectivity index is 1.74. The highest BCUT2D eigenvalue weighted by atomic mass is 32.2. The number of methoxy groups -OCH3 is 1. The molecule has 6 nitrogen and oxygen atoms in total. The number of hydrogen-bond donors (Lipinski definition) is 2. The van der Waals surface area contributed by atoms with Crippen LogP contribution in [0.4, 0.5) is 4.39 Å². The maximum atomic E-state index is 12.9. The number of carboxylic acid groups (broad SMARTS) is 1. The zero-order valence-corrected chi connectivity index (χ0v) is 15.5. The average Bonchev–Trinajstić information content (AvgIpc) is 2.67. The van der Waals surface area contributed by atoms with Gasteiger partial charge in [0.2, 0.25) is 12.0 Å². The van der Waals surface area contributed by atoms with Crippen LogP contribution in [0.5, 0.6) is 11.5 Å². The molecule has 0 aliphatic heterocycles. The van der Waals surface area contributed by atoms with Crippen LogP contribution in [0, 0.1) is 5.82 Å². The molecule has 0 aliphatic rings. The van der Waals surface area contributed by atoms with E-state index in [4.69, 9.17) is 9.47 Å². The summed E-state index contributed by atoms with van der Waals surface area (Å²) in [5, 5.41) is 11.8. The summed E-state index contributed by atoms with van der Waals surface area (Å²) in [6.07, 6.45) is -1.02. The van der Waals surface area contributed by atoms with Crippen molar-refractivity contribution >= 4 is 23.6 Å². The van der Waals surface area contributed by atoms with E-state index >= 15 is 0 Å². The van der Waals surface area contributed by atoms with E-state index in [1.165, 1.54) is 36.0 Å². The molecule has 2 rings (SSSR count). The van der Waals surface area contributed by atoms with Gasteiger partial charge in [-0.2, -0.15) is 0 Å². The van der Waals surface area contributed by atoms with Gasteiger partial charge < -0.3 is 19.9 Å². The van der Waals surface area contributed by atoms with Gasteiger partial charge >= 0.3 is 5.97 Å². The smallest absolute Gasteiger partial charge is 0.346 e. The predicted molar refractivity (Wildman–Crippen MR) is 99.8 cm³/mol. The van der Waals surface area contributed by atoms with E-state index < -0.39 is 17.9 Å². The molecule has 1 unspecified atom stereocenters. The first-order chi connectivity index (χ1) is 13.0. The van der Waals surface area contributed by atoms with Gasteiger partial charge in [-0.25, -0.2) is 9.18 Å². The minimum absolute atomic E-state index is 0.182. The van der Waals surface area contributed by atoms with Gasteiger partial charge in [0.05, 0.1) is 13.7 Å². The number of amides is 1. The Morgan fingerprint density at radius 1 is 1.11 bits per heavy atom. The number of ether oxygens (including phenoxy) is 2. The molecule has 2 N–H and O–H groups in total. The lowest BCUT2D eigenvalue weighted by Gasteiger charge is -2.15. The number of hydrogen-bond acceptors (Lipinski definition) is 5. The number of nitrogens with one attached hydrogen (secondary N) is 1. The van der Waals surface area contributed by atoms with Gasteiger partial charge in [0, 0.05) is 17.1 Å². The molecule has 2 aromatic rings. The van der Waals surface area contributed by atoms with Crippen molar-refractivity contribution in [3.63, 3.8) is 0 Å². The van der Waals surface area contributed by atoms with Gasteiger partial charge in [0.15, 0.2) is 0 Å². The van der Waals surface area contributed by atoms with Crippen LogP contribution in [0.25, 0.3) is 0 Å². The third-order valence-corrected chi connectivity index (χ3v) is 4.52. The molecular formula is C19H20FNO5S. The average molecular weight is 393 g/mol. The first kappa shape index (κ1) is 20.6. The molecule has 2 aromatic carbocycles. The number of carbonyl (C=O) groups excluding carboxylic acids is 1. The summed E-state index contributed by atoms with van der Waals surface area (Å²) in [6.45, 7) is -0.182. The summed E-state index contributed by atoms with van der Waals surface area (Å²) < 4.78 is 23.2. The number of aliphatic carboxylic acids is 1. The van der Waals surface area contributed by atoms with Gasteiger partial charge in [-0.1, -0.05) is 0 Å². The Hall–Kier alpha value is -2.74. The van der Waals surface area contributed by atoms with Gasteiger partial charge in [-0.05, 0) is 48.5 Å². The quantitative estimate of drug-likeness (QED) is 0.604. The largest absolute Gasteiger partial charge is 0.497 e. The zero-order chi connectivity index (χ0) is 19.6. The van der Waals surface area contributed by atoms with Crippen LogP contribution >= 0.6 is 11.8 Å². The molecule has 0 heterocycles. The number of carbonyl (C=O) groups is 2. The van der Waals surface area contributed by atoms with Gasteiger partial charge in [0.1, 0.15) is 17.3 Å². The molecular weight excluding hydrogens is 373 g/mol. The summed E-state index contributed by atoms with van der Waals surface area (Å²) in [5.41, 5.74) is 0. The Morgan fingerprint density at radius 2 is 1.74 bits per heavy atom.